The fraction of sp³-hybridized carbons (Fsp3) is 0.438. The van der Waals surface area contributed by atoms with Crippen molar-refractivity contribution in [2.75, 3.05) is 13.1 Å². The number of piperidine rings is 1. The molecule has 0 saturated carbocycles. The minimum absolute atomic E-state index is 0.0513. The minimum atomic E-state index is -3.64. The third kappa shape index (κ3) is 4.63. The van der Waals surface area contributed by atoms with E-state index in [1.165, 1.54) is 18.2 Å². The van der Waals surface area contributed by atoms with E-state index in [1.54, 1.807) is 12.1 Å². The predicted octanol–water partition coefficient (Wildman–Crippen LogP) is 1.02. The van der Waals surface area contributed by atoms with Crippen molar-refractivity contribution in [1.29, 1.82) is 0 Å². The van der Waals surface area contributed by atoms with Crippen LogP contribution in [0.5, 0.6) is 0 Å². The topological polar surface area (TPSA) is 87.3 Å². The fourth-order valence-corrected chi connectivity index (χ4v) is 3.59. The Morgan fingerprint density at radius 3 is 2.96 bits per heavy atom. The standard InChI is InChI=1S/C16H23N3O3S/c1-3-9-18-23(21,22)14-7-4-6-13(11-14)16(20)19-15-8-5-10-17-12(15)2/h3-4,6-7,11-12,15,17-18H,1,5,8-10H2,2H3,(H,19,20). The lowest BCUT2D eigenvalue weighted by Crippen LogP contribution is -2.51. The van der Waals surface area contributed by atoms with Gasteiger partial charge in [0.25, 0.3) is 5.91 Å². The number of hydrogen-bond acceptors (Lipinski definition) is 4. The molecule has 1 aliphatic heterocycles. The van der Waals surface area contributed by atoms with Crippen LogP contribution in [0.1, 0.15) is 30.1 Å². The molecule has 1 aromatic carbocycles. The monoisotopic (exact) mass is 337 g/mol. The third-order valence-corrected chi connectivity index (χ3v) is 5.32. The zero-order chi connectivity index (χ0) is 16.9. The number of hydrogen-bond donors (Lipinski definition) is 3. The SMILES string of the molecule is C=CCNS(=O)(=O)c1cccc(C(=O)NC2CCCNC2C)c1. The Balaban J connectivity index is 2.12. The zero-order valence-corrected chi connectivity index (χ0v) is 14.0. The number of amides is 1. The Hall–Kier alpha value is -1.70. The quantitative estimate of drug-likeness (QED) is 0.677. The maximum atomic E-state index is 12.4. The largest absolute Gasteiger partial charge is 0.348 e. The molecule has 1 saturated heterocycles. The Labute approximate surface area is 137 Å². The van der Waals surface area contributed by atoms with E-state index in [4.69, 9.17) is 0 Å². The first-order valence-corrected chi connectivity index (χ1v) is 9.17. The lowest BCUT2D eigenvalue weighted by atomic mass is 9.99. The van der Waals surface area contributed by atoms with Crippen molar-refractivity contribution >= 4 is 15.9 Å². The first-order valence-electron chi connectivity index (χ1n) is 7.69. The highest BCUT2D eigenvalue weighted by Crippen LogP contribution is 2.13. The normalized spacial score (nSPS) is 21.6. The maximum absolute atomic E-state index is 12.4. The highest BCUT2D eigenvalue weighted by atomic mass is 32.2. The van der Waals surface area contributed by atoms with Crippen LogP contribution in [-0.4, -0.2) is 39.5 Å². The highest BCUT2D eigenvalue weighted by Gasteiger charge is 2.23. The van der Waals surface area contributed by atoms with Gasteiger partial charge in [0.15, 0.2) is 0 Å². The number of carbonyl (C=O) groups excluding carboxylic acids is 1. The summed E-state index contributed by atoms with van der Waals surface area (Å²) in [5.41, 5.74) is 0.337. The molecule has 0 spiro atoms. The molecule has 3 N–H and O–H groups in total. The van der Waals surface area contributed by atoms with Gasteiger partial charge in [0.1, 0.15) is 0 Å². The van der Waals surface area contributed by atoms with Gasteiger partial charge in [-0.1, -0.05) is 12.1 Å². The third-order valence-electron chi connectivity index (χ3n) is 3.90. The molecule has 7 heteroatoms. The molecule has 1 heterocycles. The summed E-state index contributed by atoms with van der Waals surface area (Å²) in [6.45, 7) is 6.61. The van der Waals surface area contributed by atoms with Gasteiger partial charge in [-0.15, -0.1) is 6.58 Å². The van der Waals surface area contributed by atoms with Gasteiger partial charge in [-0.3, -0.25) is 4.79 Å². The molecule has 1 aromatic rings. The molecule has 6 nitrogen and oxygen atoms in total. The van der Waals surface area contributed by atoms with Gasteiger partial charge in [0, 0.05) is 24.2 Å². The van der Waals surface area contributed by atoms with Crippen LogP contribution in [0.3, 0.4) is 0 Å². The Morgan fingerprint density at radius 2 is 2.26 bits per heavy atom. The van der Waals surface area contributed by atoms with Crippen molar-refractivity contribution in [3.8, 4) is 0 Å². The number of rotatable bonds is 6. The molecule has 0 aromatic heterocycles. The van der Waals surface area contributed by atoms with E-state index < -0.39 is 10.0 Å². The lowest BCUT2D eigenvalue weighted by molar-refractivity contribution is 0.0919. The van der Waals surface area contributed by atoms with E-state index in [-0.39, 0.29) is 29.4 Å². The molecule has 2 rings (SSSR count). The second-order valence-corrected chi connectivity index (χ2v) is 7.40. The number of sulfonamides is 1. The molecule has 23 heavy (non-hydrogen) atoms. The van der Waals surface area contributed by atoms with Crippen LogP contribution in [0.4, 0.5) is 0 Å². The molecule has 0 bridgehead atoms. The molecule has 0 radical (unpaired) electrons. The molecule has 0 aliphatic carbocycles. The van der Waals surface area contributed by atoms with E-state index in [0.29, 0.717) is 5.56 Å². The van der Waals surface area contributed by atoms with Crippen LogP contribution in [0.2, 0.25) is 0 Å². The van der Waals surface area contributed by atoms with Gasteiger partial charge in [-0.25, -0.2) is 13.1 Å². The summed E-state index contributed by atoms with van der Waals surface area (Å²) < 4.78 is 26.6. The van der Waals surface area contributed by atoms with Gasteiger partial charge in [0.05, 0.1) is 4.90 Å². The smallest absolute Gasteiger partial charge is 0.251 e. The molecule has 1 aliphatic rings. The van der Waals surface area contributed by atoms with Gasteiger partial charge < -0.3 is 10.6 Å². The Bertz CT molecular complexity index is 673. The first-order chi connectivity index (χ1) is 10.9. The van der Waals surface area contributed by atoms with E-state index in [0.717, 1.165) is 19.4 Å². The van der Waals surface area contributed by atoms with Crippen molar-refractivity contribution in [3.63, 3.8) is 0 Å². The van der Waals surface area contributed by atoms with Crippen LogP contribution in [0, 0.1) is 0 Å². The summed E-state index contributed by atoms with van der Waals surface area (Å²) in [5.74, 6) is -0.258. The summed E-state index contributed by atoms with van der Waals surface area (Å²) in [5, 5.41) is 6.29. The Kier molecular flexibility index (Phi) is 5.92. The summed E-state index contributed by atoms with van der Waals surface area (Å²) in [6.07, 6.45) is 3.39. The summed E-state index contributed by atoms with van der Waals surface area (Å²) in [4.78, 5) is 12.5. The maximum Gasteiger partial charge on any atom is 0.251 e. The van der Waals surface area contributed by atoms with Crippen molar-refractivity contribution in [2.24, 2.45) is 0 Å². The molecule has 1 amide bonds. The zero-order valence-electron chi connectivity index (χ0n) is 13.2. The highest BCUT2D eigenvalue weighted by molar-refractivity contribution is 7.89. The summed E-state index contributed by atoms with van der Waals surface area (Å²) in [7, 11) is -3.64. The van der Waals surface area contributed by atoms with Gasteiger partial charge in [-0.2, -0.15) is 0 Å². The van der Waals surface area contributed by atoms with E-state index in [9.17, 15) is 13.2 Å². The molecular formula is C16H23N3O3S. The lowest BCUT2D eigenvalue weighted by Gasteiger charge is -2.30. The second kappa shape index (κ2) is 7.72. The summed E-state index contributed by atoms with van der Waals surface area (Å²) >= 11 is 0. The van der Waals surface area contributed by atoms with Gasteiger partial charge >= 0.3 is 0 Å². The van der Waals surface area contributed by atoms with Crippen molar-refractivity contribution < 1.29 is 13.2 Å². The van der Waals surface area contributed by atoms with Gasteiger partial charge in [-0.05, 0) is 44.5 Å². The molecule has 2 atom stereocenters. The van der Waals surface area contributed by atoms with Gasteiger partial charge in [0.2, 0.25) is 10.0 Å². The van der Waals surface area contributed by atoms with Crippen LogP contribution in [0.25, 0.3) is 0 Å². The van der Waals surface area contributed by atoms with Crippen LogP contribution in [-0.2, 0) is 10.0 Å². The van der Waals surface area contributed by atoms with Crippen LogP contribution in [0.15, 0.2) is 41.8 Å². The van der Waals surface area contributed by atoms with Crippen molar-refractivity contribution in [3.05, 3.63) is 42.5 Å². The molecule has 2 unspecified atom stereocenters. The number of carbonyl (C=O) groups is 1. The van der Waals surface area contributed by atoms with E-state index >= 15 is 0 Å². The number of nitrogens with one attached hydrogen (secondary N) is 3. The van der Waals surface area contributed by atoms with E-state index in [2.05, 4.69) is 21.9 Å². The Morgan fingerprint density at radius 1 is 1.48 bits per heavy atom. The number of benzene rings is 1. The van der Waals surface area contributed by atoms with Crippen LogP contribution < -0.4 is 15.4 Å². The van der Waals surface area contributed by atoms with Crippen LogP contribution >= 0.6 is 0 Å². The van der Waals surface area contributed by atoms with E-state index in [1.807, 2.05) is 6.92 Å². The van der Waals surface area contributed by atoms with Crippen molar-refractivity contribution in [1.82, 2.24) is 15.4 Å². The van der Waals surface area contributed by atoms with Crippen molar-refractivity contribution in [2.45, 2.75) is 36.7 Å². The second-order valence-electron chi connectivity index (χ2n) is 5.63. The first kappa shape index (κ1) is 17.7. The fourth-order valence-electron chi connectivity index (χ4n) is 2.55. The minimum Gasteiger partial charge on any atom is -0.348 e. The summed E-state index contributed by atoms with van der Waals surface area (Å²) in [6, 6.07) is 6.29. The average molecular weight is 337 g/mol. The molecular weight excluding hydrogens is 314 g/mol. The average Bonchev–Trinajstić information content (AvgIpc) is 2.55. The molecule has 126 valence electrons. The molecule has 1 fully saturated rings. The predicted molar refractivity (Wildman–Crippen MR) is 89.8 cm³/mol.